The lowest BCUT2D eigenvalue weighted by Crippen LogP contribution is -2.38. The fourth-order valence-corrected chi connectivity index (χ4v) is 2.02. The quantitative estimate of drug-likeness (QED) is 0.532. The van der Waals surface area contributed by atoms with E-state index in [1.165, 1.54) is 6.42 Å². The topological polar surface area (TPSA) is 27.0 Å². The molecule has 0 aliphatic carbocycles. The molecule has 0 aromatic heterocycles. The first kappa shape index (κ1) is 8.55. The van der Waals surface area contributed by atoms with E-state index >= 15 is 0 Å². The van der Waals surface area contributed by atoms with Crippen molar-refractivity contribution in [2.45, 2.75) is 20.3 Å². The van der Waals surface area contributed by atoms with Crippen LogP contribution in [-0.2, 0) is 0 Å². The molecule has 0 N–H and O–H groups in total. The molecule has 0 saturated carbocycles. The summed E-state index contributed by atoms with van der Waals surface area (Å²) in [4.78, 5) is 2.25. The number of piperidine rings is 1. The van der Waals surface area contributed by atoms with Gasteiger partial charge in [-0.05, 0) is 18.3 Å². The number of rotatable bonds is 1. The van der Waals surface area contributed by atoms with Gasteiger partial charge in [-0.25, -0.2) is 0 Å². The van der Waals surface area contributed by atoms with E-state index in [2.05, 4.69) is 24.8 Å². The normalized spacial score (nSPS) is 33.2. The van der Waals surface area contributed by atoms with E-state index in [1.807, 2.05) is 0 Å². The van der Waals surface area contributed by atoms with Gasteiger partial charge in [-0.3, -0.25) is 4.90 Å². The first-order valence-corrected chi connectivity index (χ1v) is 4.31. The average Bonchev–Trinajstić information content (AvgIpc) is 1.85. The van der Waals surface area contributed by atoms with Crippen molar-refractivity contribution in [1.29, 1.82) is 5.26 Å². The Kier molecular flexibility index (Phi) is 2.90. The Labute approximate surface area is 68.8 Å². The molecule has 2 heteroatoms. The Balaban J connectivity index is 2.38. The Morgan fingerprint density at radius 3 is 2.36 bits per heavy atom. The van der Waals surface area contributed by atoms with Crippen LogP contribution in [0.3, 0.4) is 0 Å². The van der Waals surface area contributed by atoms with Crippen LogP contribution in [-0.4, -0.2) is 24.5 Å². The minimum atomic E-state index is 0.606. The second kappa shape index (κ2) is 3.73. The number of nitrogens with zero attached hydrogens (tertiary/aromatic N) is 2. The number of hydrogen-bond acceptors (Lipinski definition) is 2. The molecule has 11 heavy (non-hydrogen) atoms. The molecule has 2 unspecified atom stereocenters. The van der Waals surface area contributed by atoms with E-state index < -0.39 is 0 Å². The third-order valence-corrected chi connectivity index (χ3v) is 2.24. The fraction of sp³-hybridized carbons (Fsp3) is 0.889. The molecule has 2 nitrogen and oxygen atoms in total. The highest BCUT2D eigenvalue weighted by Crippen LogP contribution is 2.19. The molecule has 1 fully saturated rings. The minimum Gasteiger partial charge on any atom is -0.290 e. The molecule has 2 atom stereocenters. The SMILES string of the molecule is CC1CC(C)CN(CC#N)C1. The molecule has 1 aliphatic rings. The van der Waals surface area contributed by atoms with Crippen molar-refractivity contribution >= 4 is 0 Å². The smallest absolute Gasteiger partial charge is 0.0866 e. The Hall–Kier alpha value is -0.550. The minimum absolute atomic E-state index is 0.606. The number of hydrogen-bond donors (Lipinski definition) is 0. The summed E-state index contributed by atoms with van der Waals surface area (Å²) in [7, 11) is 0. The molecule has 1 heterocycles. The van der Waals surface area contributed by atoms with Crippen molar-refractivity contribution in [1.82, 2.24) is 4.90 Å². The lowest BCUT2D eigenvalue weighted by molar-refractivity contribution is 0.156. The summed E-state index contributed by atoms with van der Waals surface area (Å²) in [5.41, 5.74) is 0. The van der Waals surface area contributed by atoms with Crippen molar-refractivity contribution in [2.75, 3.05) is 19.6 Å². The third kappa shape index (κ3) is 2.51. The highest BCUT2D eigenvalue weighted by molar-refractivity contribution is 4.82. The van der Waals surface area contributed by atoms with Gasteiger partial charge in [0.15, 0.2) is 0 Å². The summed E-state index contributed by atoms with van der Waals surface area (Å²) >= 11 is 0. The highest BCUT2D eigenvalue weighted by atomic mass is 15.1. The maximum atomic E-state index is 8.50. The van der Waals surface area contributed by atoms with Crippen LogP contribution in [0.4, 0.5) is 0 Å². The van der Waals surface area contributed by atoms with Crippen LogP contribution in [0, 0.1) is 23.2 Å². The Morgan fingerprint density at radius 1 is 1.36 bits per heavy atom. The van der Waals surface area contributed by atoms with Gasteiger partial charge in [0.05, 0.1) is 12.6 Å². The van der Waals surface area contributed by atoms with Crippen molar-refractivity contribution < 1.29 is 0 Å². The summed E-state index contributed by atoms with van der Waals surface area (Å²) in [6.45, 7) is 7.35. The van der Waals surface area contributed by atoms with Gasteiger partial charge in [0.1, 0.15) is 0 Å². The summed E-state index contributed by atoms with van der Waals surface area (Å²) in [6, 6.07) is 2.20. The number of likely N-dealkylation sites (tertiary alicyclic amines) is 1. The van der Waals surface area contributed by atoms with Gasteiger partial charge >= 0.3 is 0 Å². The molecular formula is C9H16N2. The van der Waals surface area contributed by atoms with E-state index in [0.717, 1.165) is 24.9 Å². The van der Waals surface area contributed by atoms with Crippen molar-refractivity contribution in [3.8, 4) is 6.07 Å². The van der Waals surface area contributed by atoms with Gasteiger partial charge in [-0.2, -0.15) is 5.26 Å². The van der Waals surface area contributed by atoms with Gasteiger partial charge in [0.25, 0.3) is 0 Å². The zero-order valence-electron chi connectivity index (χ0n) is 7.38. The first-order chi connectivity index (χ1) is 5.22. The van der Waals surface area contributed by atoms with Crippen LogP contribution in [0.2, 0.25) is 0 Å². The predicted octanol–water partition coefficient (Wildman–Crippen LogP) is 1.49. The van der Waals surface area contributed by atoms with Gasteiger partial charge in [0, 0.05) is 13.1 Å². The van der Waals surface area contributed by atoms with Gasteiger partial charge < -0.3 is 0 Å². The molecule has 0 spiro atoms. The number of nitriles is 1. The maximum absolute atomic E-state index is 8.50. The van der Waals surface area contributed by atoms with E-state index in [9.17, 15) is 0 Å². The van der Waals surface area contributed by atoms with Crippen LogP contribution in [0.1, 0.15) is 20.3 Å². The summed E-state index contributed by atoms with van der Waals surface area (Å²) in [5.74, 6) is 1.54. The molecule has 1 saturated heterocycles. The molecule has 0 radical (unpaired) electrons. The average molecular weight is 152 g/mol. The zero-order chi connectivity index (χ0) is 8.27. The Morgan fingerprint density at radius 2 is 1.91 bits per heavy atom. The lowest BCUT2D eigenvalue weighted by Gasteiger charge is -2.33. The standard InChI is InChI=1S/C9H16N2/c1-8-5-9(2)7-11(6-8)4-3-10/h8-9H,4-7H2,1-2H3. The summed E-state index contributed by atoms with van der Waals surface area (Å²) in [6.07, 6.45) is 1.32. The molecule has 62 valence electrons. The molecular weight excluding hydrogens is 136 g/mol. The highest BCUT2D eigenvalue weighted by Gasteiger charge is 2.20. The lowest BCUT2D eigenvalue weighted by atomic mass is 9.92. The molecule has 1 aliphatic heterocycles. The van der Waals surface area contributed by atoms with Crippen LogP contribution in [0.5, 0.6) is 0 Å². The molecule has 0 aromatic carbocycles. The van der Waals surface area contributed by atoms with Gasteiger partial charge in [-0.1, -0.05) is 13.8 Å². The van der Waals surface area contributed by atoms with Crippen molar-refractivity contribution in [3.05, 3.63) is 0 Å². The third-order valence-electron chi connectivity index (χ3n) is 2.24. The van der Waals surface area contributed by atoms with E-state index in [-0.39, 0.29) is 0 Å². The van der Waals surface area contributed by atoms with Crippen LogP contribution in [0.25, 0.3) is 0 Å². The van der Waals surface area contributed by atoms with E-state index in [4.69, 9.17) is 5.26 Å². The second-order valence-corrected chi connectivity index (χ2v) is 3.80. The first-order valence-electron chi connectivity index (χ1n) is 4.31. The van der Waals surface area contributed by atoms with Crippen LogP contribution >= 0.6 is 0 Å². The van der Waals surface area contributed by atoms with E-state index in [0.29, 0.717) is 6.54 Å². The van der Waals surface area contributed by atoms with Crippen molar-refractivity contribution in [3.63, 3.8) is 0 Å². The molecule has 0 bridgehead atoms. The summed E-state index contributed by atoms with van der Waals surface area (Å²) < 4.78 is 0. The Bertz CT molecular complexity index is 149. The molecule has 0 aromatic rings. The van der Waals surface area contributed by atoms with Crippen molar-refractivity contribution in [2.24, 2.45) is 11.8 Å². The molecule has 0 amide bonds. The van der Waals surface area contributed by atoms with E-state index in [1.54, 1.807) is 0 Å². The van der Waals surface area contributed by atoms with Gasteiger partial charge in [0.2, 0.25) is 0 Å². The van der Waals surface area contributed by atoms with Gasteiger partial charge in [-0.15, -0.1) is 0 Å². The fourth-order valence-electron chi connectivity index (χ4n) is 2.02. The monoisotopic (exact) mass is 152 g/mol. The second-order valence-electron chi connectivity index (χ2n) is 3.80. The predicted molar refractivity (Wildman–Crippen MR) is 45.0 cm³/mol. The maximum Gasteiger partial charge on any atom is 0.0866 e. The largest absolute Gasteiger partial charge is 0.290 e. The summed E-state index contributed by atoms with van der Waals surface area (Å²) in [5, 5.41) is 8.50. The zero-order valence-corrected chi connectivity index (χ0v) is 7.38. The van der Waals surface area contributed by atoms with Crippen LogP contribution in [0.15, 0.2) is 0 Å². The molecule has 1 rings (SSSR count). The van der Waals surface area contributed by atoms with Crippen LogP contribution < -0.4 is 0 Å².